The van der Waals surface area contributed by atoms with Crippen LogP contribution in [-0.2, 0) is 4.74 Å². The molecule has 0 aliphatic carbocycles. The first-order chi connectivity index (χ1) is 11.5. The largest absolute Gasteiger partial charge is 0.496 e. The summed E-state index contributed by atoms with van der Waals surface area (Å²) >= 11 is 0. The summed E-state index contributed by atoms with van der Waals surface area (Å²) < 4.78 is 10.3. The van der Waals surface area contributed by atoms with Gasteiger partial charge in [0.05, 0.1) is 13.7 Å². The lowest BCUT2D eigenvalue weighted by atomic mass is 10.0. The number of methoxy groups -OCH3 is 1. The first-order valence-corrected chi connectivity index (χ1v) is 7.71. The molecule has 2 aromatic rings. The van der Waals surface area contributed by atoms with Crippen LogP contribution in [0.5, 0.6) is 5.75 Å². The van der Waals surface area contributed by atoms with Gasteiger partial charge in [-0.3, -0.25) is 4.79 Å². The van der Waals surface area contributed by atoms with Crippen LogP contribution in [0.2, 0.25) is 0 Å². The van der Waals surface area contributed by atoms with E-state index < -0.39 is 5.97 Å². The number of ketones is 1. The van der Waals surface area contributed by atoms with E-state index in [9.17, 15) is 9.59 Å². The van der Waals surface area contributed by atoms with Gasteiger partial charge in [-0.05, 0) is 44.6 Å². The minimum Gasteiger partial charge on any atom is -0.496 e. The number of carbonyl (C=O) groups is 2. The van der Waals surface area contributed by atoms with Crippen LogP contribution in [0.4, 0.5) is 0 Å². The molecule has 5 nitrogen and oxygen atoms in total. The van der Waals surface area contributed by atoms with Gasteiger partial charge in [0.2, 0.25) is 0 Å². The molecule has 5 heteroatoms. The molecule has 1 aromatic carbocycles. The molecule has 2 rings (SSSR count). The van der Waals surface area contributed by atoms with E-state index in [1.807, 2.05) is 24.3 Å². The average molecular weight is 327 g/mol. The SMILES string of the molecule is CCOC(=O)c1[nH]c(C)c(C(=O)C=Cc2ccccc2OC)c1C. The third-order valence-corrected chi connectivity index (χ3v) is 3.72. The number of aryl methyl sites for hydroxylation is 1. The van der Waals surface area contributed by atoms with Crippen molar-refractivity contribution in [2.75, 3.05) is 13.7 Å². The van der Waals surface area contributed by atoms with Crippen LogP contribution < -0.4 is 4.74 Å². The van der Waals surface area contributed by atoms with Crippen LogP contribution in [0, 0.1) is 13.8 Å². The summed E-state index contributed by atoms with van der Waals surface area (Å²) in [4.78, 5) is 27.4. The second-order valence-corrected chi connectivity index (χ2v) is 5.29. The van der Waals surface area contributed by atoms with Gasteiger partial charge < -0.3 is 14.5 Å². The number of H-pyrrole nitrogens is 1. The van der Waals surface area contributed by atoms with E-state index in [4.69, 9.17) is 9.47 Å². The van der Waals surface area contributed by atoms with Crippen LogP contribution in [0.3, 0.4) is 0 Å². The molecule has 1 heterocycles. The monoisotopic (exact) mass is 327 g/mol. The van der Waals surface area contributed by atoms with Gasteiger partial charge in [-0.25, -0.2) is 4.79 Å². The Labute approximate surface area is 141 Å². The Morgan fingerprint density at radius 2 is 1.92 bits per heavy atom. The molecule has 0 saturated carbocycles. The Kier molecular flexibility index (Phi) is 5.58. The standard InChI is InChI=1S/C19H21NO4/c1-5-24-19(22)18-12(2)17(13(3)20-18)15(21)11-10-14-8-6-7-9-16(14)23-4/h6-11,20H,5H2,1-4H3. The number of allylic oxidation sites excluding steroid dienone is 1. The highest BCUT2D eigenvalue weighted by Gasteiger charge is 2.21. The number of para-hydroxylation sites is 1. The van der Waals surface area contributed by atoms with E-state index in [2.05, 4.69) is 4.98 Å². The third-order valence-electron chi connectivity index (χ3n) is 3.72. The lowest BCUT2D eigenvalue weighted by Gasteiger charge is -2.03. The number of hydrogen-bond donors (Lipinski definition) is 1. The molecule has 1 aromatic heterocycles. The van der Waals surface area contributed by atoms with Crippen molar-refractivity contribution in [3.63, 3.8) is 0 Å². The van der Waals surface area contributed by atoms with Gasteiger partial charge in [0, 0.05) is 16.8 Å². The van der Waals surface area contributed by atoms with Crippen molar-refractivity contribution in [2.45, 2.75) is 20.8 Å². The Balaban J connectivity index is 2.30. The normalized spacial score (nSPS) is 10.8. The van der Waals surface area contributed by atoms with Crippen LogP contribution in [-0.4, -0.2) is 30.5 Å². The molecule has 0 radical (unpaired) electrons. The van der Waals surface area contributed by atoms with Crippen molar-refractivity contribution in [3.05, 3.63) is 58.4 Å². The van der Waals surface area contributed by atoms with E-state index in [0.717, 1.165) is 5.56 Å². The average Bonchev–Trinajstić information content (AvgIpc) is 2.88. The van der Waals surface area contributed by atoms with Gasteiger partial charge in [0.15, 0.2) is 5.78 Å². The summed E-state index contributed by atoms with van der Waals surface area (Å²) in [5.41, 5.74) is 2.86. The molecule has 0 aliphatic heterocycles. The summed E-state index contributed by atoms with van der Waals surface area (Å²) in [5, 5.41) is 0. The number of rotatable bonds is 6. The van der Waals surface area contributed by atoms with Crippen molar-refractivity contribution < 1.29 is 19.1 Å². The molecular formula is C19H21NO4. The molecule has 0 bridgehead atoms. The highest BCUT2D eigenvalue weighted by atomic mass is 16.5. The van der Waals surface area contributed by atoms with Gasteiger partial charge in [-0.15, -0.1) is 0 Å². The van der Waals surface area contributed by atoms with Gasteiger partial charge >= 0.3 is 5.97 Å². The number of esters is 1. The molecule has 0 saturated heterocycles. The Morgan fingerprint density at radius 3 is 2.58 bits per heavy atom. The van der Waals surface area contributed by atoms with Gasteiger partial charge in [-0.1, -0.05) is 18.2 Å². The summed E-state index contributed by atoms with van der Waals surface area (Å²) in [6, 6.07) is 7.43. The lowest BCUT2D eigenvalue weighted by molar-refractivity contribution is 0.0519. The fourth-order valence-corrected chi connectivity index (χ4v) is 2.58. The minimum absolute atomic E-state index is 0.178. The zero-order valence-corrected chi connectivity index (χ0v) is 14.3. The number of aromatic nitrogens is 1. The molecule has 24 heavy (non-hydrogen) atoms. The first-order valence-electron chi connectivity index (χ1n) is 7.71. The molecule has 0 amide bonds. The quantitative estimate of drug-likeness (QED) is 0.499. The van der Waals surface area contributed by atoms with E-state index in [-0.39, 0.29) is 12.4 Å². The lowest BCUT2D eigenvalue weighted by Crippen LogP contribution is -2.07. The van der Waals surface area contributed by atoms with Crippen molar-refractivity contribution in [3.8, 4) is 5.75 Å². The molecule has 0 spiro atoms. The molecule has 0 unspecified atom stereocenters. The van der Waals surface area contributed by atoms with Crippen LogP contribution >= 0.6 is 0 Å². The third kappa shape index (κ3) is 3.56. The number of benzene rings is 1. The summed E-state index contributed by atoms with van der Waals surface area (Å²) in [6.45, 7) is 5.53. The minimum atomic E-state index is -0.453. The van der Waals surface area contributed by atoms with Crippen LogP contribution in [0.1, 0.15) is 44.6 Å². The first kappa shape index (κ1) is 17.5. The molecular weight excluding hydrogens is 306 g/mol. The summed E-state index contributed by atoms with van der Waals surface area (Å²) in [6.07, 6.45) is 3.19. The molecule has 0 aliphatic rings. The number of carbonyl (C=O) groups excluding carboxylic acids is 2. The van der Waals surface area contributed by atoms with Gasteiger partial charge in [-0.2, -0.15) is 0 Å². The van der Waals surface area contributed by atoms with E-state index >= 15 is 0 Å². The molecule has 126 valence electrons. The summed E-state index contributed by atoms with van der Waals surface area (Å²) in [5.74, 6) is 0.0600. The van der Waals surface area contributed by atoms with Crippen LogP contribution in [0.15, 0.2) is 30.3 Å². The Hall–Kier alpha value is -2.82. The molecule has 0 atom stereocenters. The maximum absolute atomic E-state index is 12.6. The van der Waals surface area contributed by atoms with E-state index in [1.165, 1.54) is 6.08 Å². The number of aromatic amines is 1. The fraction of sp³-hybridized carbons (Fsp3) is 0.263. The second kappa shape index (κ2) is 7.64. The van der Waals surface area contributed by atoms with Gasteiger partial charge in [0.1, 0.15) is 11.4 Å². The topological polar surface area (TPSA) is 68.4 Å². The van der Waals surface area contributed by atoms with Crippen molar-refractivity contribution in [1.82, 2.24) is 4.98 Å². The fourth-order valence-electron chi connectivity index (χ4n) is 2.58. The van der Waals surface area contributed by atoms with E-state index in [1.54, 1.807) is 34.0 Å². The second-order valence-electron chi connectivity index (χ2n) is 5.29. The highest BCUT2D eigenvalue weighted by Crippen LogP contribution is 2.22. The Morgan fingerprint density at radius 1 is 1.21 bits per heavy atom. The highest BCUT2D eigenvalue weighted by molar-refractivity contribution is 6.10. The number of hydrogen-bond acceptors (Lipinski definition) is 4. The van der Waals surface area contributed by atoms with Crippen molar-refractivity contribution in [1.29, 1.82) is 0 Å². The maximum atomic E-state index is 12.6. The van der Waals surface area contributed by atoms with E-state index in [0.29, 0.717) is 28.3 Å². The van der Waals surface area contributed by atoms with Crippen molar-refractivity contribution >= 4 is 17.8 Å². The van der Waals surface area contributed by atoms with Gasteiger partial charge in [0.25, 0.3) is 0 Å². The smallest absolute Gasteiger partial charge is 0.355 e. The number of ether oxygens (including phenoxy) is 2. The van der Waals surface area contributed by atoms with Crippen molar-refractivity contribution in [2.24, 2.45) is 0 Å². The number of nitrogens with one attached hydrogen (secondary N) is 1. The molecule has 0 fully saturated rings. The molecule has 1 N–H and O–H groups in total. The zero-order valence-electron chi connectivity index (χ0n) is 14.3. The van der Waals surface area contributed by atoms with Crippen LogP contribution in [0.25, 0.3) is 6.08 Å². The summed E-state index contributed by atoms with van der Waals surface area (Å²) in [7, 11) is 1.58. The predicted molar refractivity (Wildman–Crippen MR) is 92.6 cm³/mol. The zero-order chi connectivity index (χ0) is 17.7. The predicted octanol–water partition coefficient (Wildman–Crippen LogP) is 3.71. The Bertz CT molecular complexity index is 787. The maximum Gasteiger partial charge on any atom is 0.355 e.